The van der Waals surface area contributed by atoms with Crippen LogP contribution in [-0.4, -0.2) is 79.1 Å². The number of para-hydroxylation sites is 1. The SMILES string of the molecule is C[C@H](c1c[nH]c2ccccc12)[C@@H](NC(=O)N1CCC(OCc2ccccc2)CC1)C(=O)N1C[C@@H](CN(C)C)Cc2cc(Cl)ccc21. The van der Waals surface area contributed by atoms with Crippen LogP contribution in [0.4, 0.5) is 10.5 Å². The highest BCUT2D eigenvalue weighted by molar-refractivity contribution is 6.30. The van der Waals surface area contributed by atoms with Crippen LogP contribution < -0.4 is 10.2 Å². The number of anilines is 1. The molecule has 2 aliphatic heterocycles. The second-order valence-corrected chi connectivity index (χ2v) is 13.5. The molecule has 1 fully saturated rings. The Labute approximate surface area is 276 Å². The molecule has 3 aromatic carbocycles. The van der Waals surface area contributed by atoms with Gasteiger partial charge in [-0.05, 0) is 80.2 Å². The molecule has 0 radical (unpaired) electrons. The summed E-state index contributed by atoms with van der Waals surface area (Å²) in [7, 11) is 4.11. The number of carbonyl (C=O) groups is 2. The average Bonchev–Trinajstić information content (AvgIpc) is 3.50. The minimum Gasteiger partial charge on any atom is -0.373 e. The maximum atomic E-state index is 14.8. The molecule has 0 spiro atoms. The summed E-state index contributed by atoms with van der Waals surface area (Å²) in [6, 6.07) is 23.0. The maximum Gasteiger partial charge on any atom is 0.318 e. The van der Waals surface area contributed by atoms with Crippen molar-refractivity contribution in [3.63, 3.8) is 0 Å². The molecule has 2 aliphatic rings. The largest absolute Gasteiger partial charge is 0.373 e. The topological polar surface area (TPSA) is 80.9 Å². The number of hydrogen-bond donors (Lipinski definition) is 2. The highest BCUT2D eigenvalue weighted by Gasteiger charge is 2.38. The van der Waals surface area contributed by atoms with Gasteiger partial charge in [0.1, 0.15) is 6.04 Å². The summed E-state index contributed by atoms with van der Waals surface area (Å²) in [6.45, 7) is 5.15. The molecule has 3 heterocycles. The fourth-order valence-electron chi connectivity index (χ4n) is 7.02. The van der Waals surface area contributed by atoms with Crippen LogP contribution in [-0.2, 0) is 22.6 Å². The smallest absolute Gasteiger partial charge is 0.318 e. The van der Waals surface area contributed by atoms with Gasteiger partial charge in [0.05, 0.1) is 12.7 Å². The Bertz CT molecular complexity index is 1650. The predicted molar refractivity (Wildman–Crippen MR) is 184 cm³/mol. The first kappa shape index (κ1) is 32.1. The Balaban J connectivity index is 1.23. The molecule has 3 amide bonds. The third kappa shape index (κ3) is 7.25. The summed E-state index contributed by atoms with van der Waals surface area (Å²) in [5, 5.41) is 4.92. The monoisotopic (exact) mass is 641 g/mol. The Morgan fingerprint density at radius 1 is 1.04 bits per heavy atom. The molecule has 3 atom stereocenters. The van der Waals surface area contributed by atoms with E-state index in [0.717, 1.165) is 59.1 Å². The van der Waals surface area contributed by atoms with E-state index in [1.54, 1.807) is 0 Å². The van der Waals surface area contributed by atoms with Crippen LogP contribution >= 0.6 is 11.6 Å². The molecule has 1 aromatic heterocycles. The van der Waals surface area contributed by atoms with Crippen LogP contribution in [0.5, 0.6) is 0 Å². The number of piperidine rings is 1. The van der Waals surface area contributed by atoms with Crippen molar-refractivity contribution >= 4 is 40.1 Å². The molecule has 6 rings (SSSR count). The van der Waals surface area contributed by atoms with E-state index in [9.17, 15) is 9.59 Å². The number of amides is 3. The highest BCUT2D eigenvalue weighted by Crippen LogP contribution is 2.35. The van der Waals surface area contributed by atoms with Gasteiger partial charge in [-0.15, -0.1) is 0 Å². The quantitative estimate of drug-likeness (QED) is 0.220. The normalized spacial score (nSPS) is 18.4. The van der Waals surface area contributed by atoms with E-state index in [4.69, 9.17) is 16.3 Å². The zero-order valence-corrected chi connectivity index (χ0v) is 27.7. The predicted octanol–water partition coefficient (Wildman–Crippen LogP) is 6.45. The van der Waals surface area contributed by atoms with Crippen LogP contribution in [0.2, 0.25) is 5.02 Å². The summed E-state index contributed by atoms with van der Waals surface area (Å²) in [4.78, 5) is 37.9. The lowest BCUT2D eigenvalue weighted by molar-refractivity contribution is -0.121. The van der Waals surface area contributed by atoms with Crippen LogP contribution in [0.1, 0.15) is 42.4 Å². The number of carbonyl (C=O) groups excluding carboxylic acids is 2. The van der Waals surface area contributed by atoms with E-state index in [1.165, 1.54) is 0 Å². The number of nitrogens with one attached hydrogen (secondary N) is 2. The number of urea groups is 1. The number of fused-ring (bicyclic) bond motifs is 2. The number of likely N-dealkylation sites (tertiary alicyclic amines) is 1. The minimum absolute atomic E-state index is 0.0946. The van der Waals surface area contributed by atoms with E-state index in [-0.39, 0.29) is 29.9 Å². The molecule has 0 saturated carbocycles. The lowest BCUT2D eigenvalue weighted by Crippen LogP contribution is -2.57. The molecule has 0 aliphatic carbocycles. The molecule has 8 nitrogen and oxygen atoms in total. The zero-order chi connectivity index (χ0) is 32.2. The van der Waals surface area contributed by atoms with Crippen LogP contribution in [0.3, 0.4) is 0 Å². The number of halogens is 1. The van der Waals surface area contributed by atoms with Crippen LogP contribution in [0.15, 0.2) is 79.0 Å². The standard InChI is InChI=1S/C37H44ClN5O3/c1-25(32-21-39-33-12-8-7-11-31(32)33)35(36(44)43-23-27(22-41(2)3)19-28-20-29(38)13-14-34(28)43)40-37(45)42-17-15-30(16-18-42)46-24-26-9-5-4-6-10-26/h4-14,20-21,25,27,30,35,39H,15-19,22-24H2,1-3H3,(H,40,45)/t25-,27-,35-/m1/s1. The Morgan fingerprint density at radius 2 is 1.78 bits per heavy atom. The Morgan fingerprint density at radius 3 is 2.54 bits per heavy atom. The molecule has 1 saturated heterocycles. The lowest BCUT2D eigenvalue weighted by Gasteiger charge is -2.39. The molecule has 4 aromatic rings. The van der Waals surface area contributed by atoms with E-state index >= 15 is 0 Å². The Kier molecular flexibility index (Phi) is 9.97. The number of rotatable bonds is 9. The number of benzene rings is 3. The summed E-state index contributed by atoms with van der Waals surface area (Å²) in [5.41, 5.74) is 5.07. The first-order valence-electron chi connectivity index (χ1n) is 16.3. The van der Waals surface area contributed by atoms with Gasteiger partial charge in [-0.3, -0.25) is 4.79 Å². The first-order valence-corrected chi connectivity index (χ1v) is 16.7. The van der Waals surface area contributed by atoms with E-state index in [0.29, 0.717) is 31.3 Å². The van der Waals surface area contributed by atoms with Gasteiger partial charge in [-0.1, -0.05) is 67.1 Å². The van der Waals surface area contributed by atoms with Gasteiger partial charge in [0.2, 0.25) is 5.91 Å². The van der Waals surface area contributed by atoms with E-state index in [1.807, 2.05) is 77.5 Å². The summed E-state index contributed by atoms with van der Waals surface area (Å²) < 4.78 is 6.17. The fraction of sp³-hybridized carbons (Fsp3) is 0.405. The van der Waals surface area contributed by atoms with Crippen molar-refractivity contribution in [1.29, 1.82) is 0 Å². The minimum atomic E-state index is -0.777. The molecular weight excluding hydrogens is 598 g/mol. The third-order valence-corrected chi connectivity index (χ3v) is 9.62. The molecule has 0 unspecified atom stereocenters. The summed E-state index contributed by atoms with van der Waals surface area (Å²) in [5.74, 6) is -0.164. The van der Waals surface area contributed by atoms with Crippen molar-refractivity contribution in [3.05, 3.63) is 101 Å². The molecule has 2 N–H and O–H groups in total. The molecule has 0 bridgehead atoms. The van der Waals surface area contributed by atoms with Gasteiger partial charge in [0.25, 0.3) is 0 Å². The second-order valence-electron chi connectivity index (χ2n) is 13.0. The zero-order valence-electron chi connectivity index (χ0n) is 26.9. The van der Waals surface area contributed by atoms with Crippen molar-refractivity contribution in [2.75, 3.05) is 45.2 Å². The van der Waals surface area contributed by atoms with Crippen molar-refractivity contribution in [3.8, 4) is 0 Å². The maximum absolute atomic E-state index is 14.8. The van der Waals surface area contributed by atoms with E-state index < -0.39 is 6.04 Å². The molecule has 9 heteroatoms. The number of H-pyrrole nitrogens is 1. The van der Waals surface area contributed by atoms with Gasteiger partial charge in [-0.25, -0.2) is 4.79 Å². The van der Waals surface area contributed by atoms with Crippen molar-refractivity contribution in [1.82, 2.24) is 20.1 Å². The van der Waals surface area contributed by atoms with Gasteiger partial charge < -0.3 is 29.7 Å². The van der Waals surface area contributed by atoms with Crippen LogP contribution in [0.25, 0.3) is 10.9 Å². The van der Waals surface area contributed by atoms with Gasteiger partial charge in [-0.2, -0.15) is 0 Å². The molecule has 46 heavy (non-hydrogen) atoms. The first-order chi connectivity index (χ1) is 22.3. The lowest BCUT2D eigenvalue weighted by atomic mass is 9.88. The number of ether oxygens (including phenoxy) is 1. The number of aromatic amines is 1. The summed E-state index contributed by atoms with van der Waals surface area (Å²) in [6.07, 6.45) is 4.41. The Hall–Kier alpha value is -3.85. The summed E-state index contributed by atoms with van der Waals surface area (Å²) >= 11 is 6.42. The van der Waals surface area contributed by atoms with Gasteiger partial charge in [0.15, 0.2) is 0 Å². The van der Waals surface area contributed by atoms with Crippen LogP contribution in [0, 0.1) is 5.92 Å². The number of aromatic nitrogens is 1. The number of hydrogen-bond acceptors (Lipinski definition) is 4. The second kappa shape index (κ2) is 14.3. The molecule has 242 valence electrons. The van der Waals surface area contributed by atoms with Crippen molar-refractivity contribution in [2.45, 2.75) is 50.9 Å². The third-order valence-electron chi connectivity index (χ3n) is 9.39. The fourth-order valence-corrected chi connectivity index (χ4v) is 7.21. The average molecular weight is 642 g/mol. The van der Waals surface area contributed by atoms with Gasteiger partial charge >= 0.3 is 6.03 Å². The van der Waals surface area contributed by atoms with E-state index in [2.05, 4.69) is 47.5 Å². The van der Waals surface area contributed by atoms with Crippen molar-refractivity contribution in [2.24, 2.45) is 5.92 Å². The molecular formula is C37H44ClN5O3. The number of nitrogens with zero attached hydrogens (tertiary/aromatic N) is 3. The van der Waals surface area contributed by atoms with Crippen molar-refractivity contribution < 1.29 is 14.3 Å². The van der Waals surface area contributed by atoms with Gasteiger partial charge in [0, 0.05) is 59.9 Å². The highest BCUT2D eigenvalue weighted by atomic mass is 35.5.